The van der Waals surface area contributed by atoms with Crippen LogP contribution >= 0.6 is 0 Å². The molecule has 0 aliphatic rings. The summed E-state index contributed by atoms with van der Waals surface area (Å²) in [5.41, 5.74) is 3.01. The Morgan fingerprint density at radius 1 is 1.30 bits per heavy atom. The molecule has 0 radical (unpaired) electrons. The van der Waals surface area contributed by atoms with E-state index in [2.05, 4.69) is 24.3 Å². The average molecular weight is 274 g/mol. The van der Waals surface area contributed by atoms with Gasteiger partial charge in [-0.2, -0.15) is 0 Å². The number of aromatic nitrogens is 1. The highest BCUT2D eigenvalue weighted by atomic mass is 16.5. The molecule has 0 amide bonds. The number of nitrogens with zero attached hydrogens (tertiary/aromatic N) is 1. The van der Waals surface area contributed by atoms with Crippen LogP contribution in [-0.2, 0) is 6.54 Å². The molecule has 0 aliphatic carbocycles. The van der Waals surface area contributed by atoms with Crippen LogP contribution in [0.5, 0.6) is 5.75 Å². The Morgan fingerprint density at radius 2 is 2.10 bits per heavy atom. The maximum absolute atomic E-state index is 5.44. The first-order valence-electron chi connectivity index (χ1n) is 6.91. The summed E-state index contributed by atoms with van der Waals surface area (Å²) in [7, 11) is 1.66. The number of hydrogen-bond acceptors (Lipinski definition) is 4. The van der Waals surface area contributed by atoms with Crippen molar-refractivity contribution in [2.24, 2.45) is 5.92 Å². The van der Waals surface area contributed by atoms with Gasteiger partial charge in [-0.1, -0.05) is 30.6 Å². The predicted octanol–water partition coefficient (Wildman–Crippen LogP) is 3.40. The molecule has 2 rings (SSSR count). The van der Waals surface area contributed by atoms with Crippen molar-refractivity contribution in [3.8, 4) is 17.1 Å². The van der Waals surface area contributed by atoms with Gasteiger partial charge in [0.2, 0.25) is 0 Å². The van der Waals surface area contributed by atoms with Crippen LogP contribution in [0.15, 0.2) is 28.8 Å². The van der Waals surface area contributed by atoms with Crippen LogP contribution in [0, 0.1) is 12.8 Å². The molecule has 4 nitrogen and oxygen atoms in total. The van der Waals surface area contributed by atoms with Gasteiger partial charge < -0.3 is 14.6 Å². The lowest BCUT2D eigenvalue weighted by Gasteiger charge is -2.06. The lowest BCUT2D eigenvalue weighted by atomic mass is 10.1. The Balaban J connectivity index is 2.14. The molecule has 0 saturated carbocycles. The first kappa shape index (κ1) is 14.6. The zero-order valence-electron chi connectivity index (χ0n) is 12.6. The summed E-state index contributed by atoms with van der Waals surface area (Å²) in [6.45, 7) is 8.09. The molecule has 1 aromatic carbocycles. The zero-order valence-corrected chi connectivity index (χ0v) is 12.6. The summed E-state index contributed by atoms with van der Waals surface area (Å²) in [5.74, 6) is 2.17. The molecule has 0 spiro atoms. The molecule has 0 fully saturated rings. The molecular formula is C16H22N2O2. The summed E-state index contributed by atoms with van der Waals surface area (Å²) in [5, 5.41) is 7.45. The summed E-state index contributed by atoms with van der Waals surface area (Å²) < 4.78 is 10.8. The molecule has 0 atom stereocenters. The lowest BCUT2D eigenvalue weighted by molar-refractivity contribution is 0.401. The number of hydrogen-bond donors (Lipinski definition) is 1. The van der Waals surface area contributed by atoms with E-state index in [1.165, 1.54) is 0 Å². The second kappa shape index (κ2) is 6.57. The van der Waals surface area contributed by atoms with Crippen LogP contribution in [0.3, 0.4) is 0 Å². The van der Waals surface area contributed by atoms with Gasteiger partial charge >= 0.3 is 0 Å². The minimum absolute atomic E-state index is 0.623. The van der Waals surface area contributed by atoms with Gasteiger partial charge in [0.1, 0.15) is 5.75 Å². The number of ether oxygens (including phenoxy) is 1. The molecule has 0 bridgehead atoms. The van der Waals surface area contributed by atoms with E-state index in [-0.39, 0.29) is 0 Å². The summed E-state index contributed by atoms with van der Waals surface area (Å²) in [6.07, 6.45) is 0. The van der Waals surface area contributed by atoms with E-state index in [9.17, 15) is 0 Å². The first-order chi connectivity index (χ1) is 9.60. The molecule has 20 heavy (non-hydrogen) atoms. The van der Waals surface area contributed by atoms with E-state index in [1.807, 2.05) is 31.2 Å². The molecule has 0 aliphatic heterocycles. The van der Waals surface area contributed by atoms with Crippen LogP contribution in [-0.4, -0.2) is 18.8 Å². The van der Waals surface area contributed by atoms with E-state index in [0.29, 0.717) is 5.92 Å². The third kappa shape index (κ3) is 3.61. The predicted molar refractivity (Wildman–Crippen MR) is 79.8 cm³/mol. The molecule has 1 aromatic heterocycles. The topological polar surface area (TPSA) is 47.3 Å². The van der Waals surface area contributed by atoms with Crippen LogP contribution in [0.2, 0.25) is 0 Å². The second-order valence-electron chi connectivity index (χ2n) is 5.41. The number of methoxy groups -OCH3 is 1. The van der Waals surface area contributed by atoms with Gasteiger partial charge in [-0.3, -0.25) is 0 Å². The fourth-order valence-corrected chi connectivity index (χ4v) is 2.03. The van der Waals surface area contributed by atoms with Gasteiger partial charge in [-0.15, -0.1) is 0 Å². The largest absolute Gasteiger partial charge is 0.496 e. The van der Waals surface area contributed by atoms with Crippen LogP contribution in [0.25, 0.3) is 11.3 Å². The van der Waals surface area contributed by atoms with Crippen molar-refractivity contribution in [2.45, 2.75) is 27.3 Å². The standard InChI is InChI=1S/C16H22N2O2/c1-11(2)9-17-10-13-8-16(20-18-13)14-7-12(3)5-6-15(14)19-4/h5-8,11,17H,9-10H2,1-4H3. The van der Waals surface area contributed by atoms with E-state index >= 15 is 0 Å². The molecule has 2 aromatic rings. The highest BCUT2D eigenvalue weighted by molar-refractivity contribution is 5.66. The van der Waals surface area contributed by atoms with Crippen LogP contribution in [0.4, 0.5) is 0 Å². The Labute approximate surface area is 120 Å². The molecular weight excluding hydrogens is 252 g/mol. The monoisotopic (exact) mass is 274 g/mol. The zero-order chi connectivity index (χ0) is 14.5. The van der Waals surface area contributed by atoms with Crippen molar-refractivity contribution >= 4 is 0 Å². The Morgan fingerprint density at radius 3 is 2.80 bits per heavy atom. The minimum Gasteiger partial charge on any atom is -0.496 e. The number of aryl methyl sites for hydroxylation is 1. The minimum atomic E-state index is 0.623. The van der Waals surface area contributed by atoms with Crippen molar-refractivity contribution in [1.29, 1.82) is 0 Å². The Kier molecular flexibility index (Phi) is 4.79. The summed E-state index contributed by atoms with van der Waals surface area (Å²) in [6, 6.07) is 7.98. The number of benzene rings is 1. The summed E-state index contributed by atoms with van der Waals surface area (Å²) >= 11 is 0. The Bertz CT molecular complexity index is 561. The highest BCUT2D eigenvalue weighted by Crippen LogP contribution is 2.31. The highest BCUT2D eigenvalue weighted by Gasteiger charge is 2.12. The molecule has 0 unspecified atom stereocenters. The lowest BCUT2D eigenvalue weighted by Crippen LogP contribution is -2.18. The smallest absolute Gasteiger partial charge is 0.170 e. The van der Waals surface area contributed by atoms with Gasteiger partial charge in [0.05, 0.1) is 18.4 Å². The maximum Gasteiger partial charge on any atom is 0.170 e. The average Bonchev–Trinajstić information content (AvgIpc) is 2.87. The van der Waals surface area contributed by atoms with Crippen LogP contribution in [0.1, 0.15) is 25.1 Å². The third-order valence-corrected chi connectivity index (χ3v) is 3.04. The molecule has 4 heteroatoms. The number of rotatable bonds is 6. The second-order valence-corrected chi connectivity index (χ2v) is 5.41. The summed E-state index contributed by atoms with van der Waals surface area (Å²) in [4.78, 5) is 0. The third-order valence-electron chi connectivity index (χ3n) is 3.04. The molecule has 108 valence electrons. The van der Waals surface area contributed by atoms with E-state index in [4.69, 9.17) is 9.26 Å². The normalized spacial score (nSPS) is 11.1. The van der Waals surface area contributed by atoms with E-state index in [0.717, 1.165) is 41.4 Å². The van der Waals surface area contributed by atoms with E-state index in [1.54, 1.807) is 7.11 Å². The van der Waals surface area contributed by atoms with Gasteiger partial charge in [-0.25, -0.2) is 0 Å². The Hall–Kier alpha value is -1.81. The van der Waals surface area contributed by atoms with E-state index < -0.39 is 0 Å². The molecule has 1 N–H and O–H groups in total. The van der Waals surface area contributed by atoms with Crippen molar-refractivity contribution in [3.05, 3.63) is 35.5 Å². The quantitative estimate of drug-likeness (QED) is 0.877. The van der Waals surface area contributed by atoms with Crippen molar-refractivity contribution in [3.63, 3.8) is 0 Å². The first-order valence-corrected chi connectivity index (χ1v) is 6.91. The van der Waals surface area contributed by atoms with Gasteiger partial charge in [0.15, 0.2) is 5.76 Å². The maximum atomic E-state index is 5.44. The van der Waals surface area contributed by atoms with Crippen molar-refractivity contribution < 1.29 is 9.26 Å². The van der Waals surface area contributed by atoms with Crippen molar-refractivity contribution in [1.82, 2.24) is 10.5 Å². The van der Waals surface area contributed by atoms with Gasteiger partial charge in [0, 0.05) is 12.6 Å². The molecule has 1 heterocycles. The SMILES string of the molecule is COc1ccc(C)cc1-c1cc(CNCC(C)C)no1. The van der Waals surface area contributed by atoms with Crippen LogP contribution < -0.4 is 10.1 Å². The van der Waals surface area contributed by atoms with Crippen molar-refractivity contribution in [2.75, 3.05) is 13.7 Å². The molecule has 0 saturated heterocycles. The fourth-order valence-electron chi connectivity index (χ4n) is 2.03. The number of nitrogens with one attached hydrogen (secondary N) is 1. The van der Waals surface area contributed by atoms with Gasteiger partial charge in [0.25, 0.3) is 0 Å². The fraction of sp³-hybridized carbons (Fsp3) is 0.438. The van der Waals surface area contributed by atoms with Gasteiger partial charge in [-0.05, 0) is 31.5 Å².